The van der Waals surface area contributed by atoms with E-state index < -0.39 is 6.29 Å². The minimum Gasteiger partial charge on any atom is -0.465 e. The highest BCUT2D eigenvalue weighted by atomic mass is 19.1. The molecule has 0 amide bonds. The molecule has 2 aromatic carbocycles. The second-order valence-electron chi connectivity index (χ2n) is 6.55. The van der Waals surface area contributed by atoms with E-state index in [-0.39, 0.29) is 11.6 Å². The van der Waals surface area contributed by atoms with E-state index in [1.165, 1.54) is 37.5 Å². The minimum atomic E-state index is -0.827. The minimum absolute atomic E-state index is 0.151. The number of ether oxygens (including phenoxy) is 1. The summed E-state index contributed by atoms with van der Waals surface area (Å²) in [6, 6.07) is 12.6. The Labute approximate surface area is 160 Å². The van der Waals surface area contributed by atoms with E-state index in [0.29, 0.717) is 17.7 Å². The van der Waals surface area contributed by atoms with Crippen molar-refractivity contribution in [1.29, 1.82) is 0 Å². The second-order valence-corrected chi connectivity index (χ2v) is 6.55. The quantitative estimate of drug-likeness (QED) is 0.236. The van der Waals surface area contributed by atoms with Crippen molar-refractivity contribution in [2.45, 2.75) is 51.7 Å². The monoisotopic (exact) mass is 370 g/mol. The molecule has 0 radical (unpaired) electrons. The zero-order valence-electron chi connectivity index (χ0n) is 15.7. The summed E-state index contributed by atoms with van der Waals surface area (Å²) in [6.07, 6.45) is 8.52. The molecule has 144 valence electrons. The highest BCUT2D eigenvalue weighted by Crippen LogP contribution is 2.17. The van der Waals surface area contributed by atoms with Gasteiger partial charge in [-0.05, 0) is 54.5 Å². The molecule has 0 heterocycles. The van der Waals surface area contributed by atoms with E-state index in [4.69, 9.17) is 4.74 Å². The number of allylic oxidation sites excluding steroid dienone is 1. The predicted octanol–water partition coefficient (Wildman–Crippen LogP) is 5.78. The number of hydrogen-bond acceptors (Lipinski definition) is 3. The van der Waals surface area contributed by atoms with Crippen LogP contribution in [0.2, 0.25) is 0 Å². The van der Waals surface area contributed by atoms with Crippen molar-refractivity contribution in [2.24, 2.45) is 0 Å². The van der Waals surface area contributed by atoms with Gasteiger partial charge in [0, 0.05) is 12.0 Å². The fourth-order valence-corrected chi connectivity index (χ4v) is 2.68. The van der Waals surface area contributed by atoms with Crippen molar-refractivity contribution < 1.29 is 19.0 Å². The van der Waals surface area contributed by atoms with Crippen LogP contribution < -0.4 is 4.74 Å². The number of carbonyl (C=O) groups excluding carboxylic acids is 1. The SMILES string of the molecule is CCCCCCCC(O)Oc1ccc(C(=O)C=Cc2ccc(F)cc2)cc1. The molecule has 0 saturated heterocycles. The molecule has 27 heavy (non-hydrogen) atoms. The van der Waals surface area contributed by atoms with Crippen molar-refractivity contribution >= 4 is 11.9 Å². The molecule has 1 unspecified atom stereocenters. The Morgan fingerprint density at radius 2 is 1.70 bits per heavy atom. The molecule has 0 fully saturated rings. The third-order valence-electron chi connectivity index (χ3n) is 4.26. The molecule has 1 atom stereocenters. The van der Waals surface area contributed by atoms with Crippen molar-refractivity contribution in [2.75, 3.05) is 0 Å². The number of carbonyl (C=O) groups is 1. The summed E-state index contributed by atoms with van der Waals surface area (Å²) in [5, 5.41) is 9.94. The first-order chi connectivity index (χ1) is 13.1. The lowest BCUT2D eigenvalue weighted by molar-refractivity contribution is -0.0246. The van der Waals surface area contributed by atoms with Crippen LogP contribution in [0, 0.1) is 5.82 Å². The molecule has 0 bridgehead atoms. The van der Waals surface area contributed by atoms with Crippen molar-refractivity contribution in [3.05, 3.63) is 71.6 Å². The fraction of sp³-hybridized carbons (Fsp3) is 0.348. The summed E-state index contributed by atoms with van der Waals surface area (Å²) in [4.78, 5) is 12.2. The van der Waals surface area contributed by atoms with E-state index in [1.807, 2.05) is 0 Å². The average molecular weight is 370 g/mol. The van der Waals surface area contributed by atoms with Crippen molar-refractivity contribution in [1.82, 2.24) is 0 Å². The Hall–Kier alpha value is -2.46. The van der Waals surface area contributed by atoms with Gasteiger partial charge in [-0.3, -0.25) is 4.79 Å². The molecule has 0 saturated carbocycles. The number of unbranched alkanes of at least 4 members (excludes halogenated alkanes) is 4. The normalized spacial score (nSPS) is 12.3. The Bertz CT molecular complexity index is 720. The van der Waals surface area contributed by atoms with Crippen molar-refractivity contribution in [3.63, 3.8) is 0 Å². The Kier molecular flexibility index (Phi) is 8.72. The highest BCUT2D eigenvalue weighted by Gasteiger charge is 2.07. The van der Waals surface area contributed by atoms with Gasteiger partial charge in [0.05, 0.1) is 0 Å². The molecule has 3 nitrogen and oxygen atoms in total. The first-order valence-electron chi connectivity index (χ1n) is 9.51. The van der Waals surface area contributed by atoms with Crippen LogP contribution >= 0.6 is 0 Å². The van der Waals surface area contributed by atoms with Gasteiger partial charge in [0.15, 0.2) is 12.1 Å². The molecule has 0 aliphatic carbocycles. The Morgan fingerprint density at radius 3 is 2.37 bits per heavy atom. The van der Waals surface area contributed by atoms with Gasteiger partial charge in [-0.15, -0.1) is 0 Å². The Balaban J connectivity index is 1.81. The van der Waals surface area contributed by atoms with E-state index in [9.17, 15) is 14.3 Å². The molecule has 1 N–H and O–H groups in total. The zero-order chi connectivity index (χ0) is 19.5. The van der Waals surface area contributed by atoms with Crippen LogP contribution in [0.3, 0.4) is 0 Å². The smallest absolute Gasteiger partial charge is 0.197 e. The summed E-state index contributed by atoms with van der Waals surface area (Å²) in [5.74, 6) is 0.0784. The van der Waals surface area contributed by atoms with E-state index >= 15 is 0 Å². The number of aliphatic hydroxyl groups is 1. The standard InChI is InChI=1S/C23H27FO3/c1-2-3-4-5-6-7-23(26)27-21-15-11-19(12-16-21)22(25)17-10-18-8-13-20(24)14-9-18/h8-17,23,26H,2-7H2,1H3. The Morgan fingerprint density at radius 1 is 1.04 bits per heavy atom. The number of benzene rings is 2. The number of hydrogen-bond donors (Lipinski definition) is 1. The molecule has 0 aliphatic rings. The average Bonchev–Trinajstić information content (AvgIpc) is 2.68. The number of rotatable bonds is 11. The summed E-state index contributed by atoms with van der Waals surface area (Å²) >= 11 is 0. The van der Waals surface area contributed by atoms with Gasteiger partial charge in [-0.25, -0.2) is 4.39 Å². The van der Waals surface area contributed by atoms with Crippen molar-refractivity contribution in [3.8, 4) is 5.75 Å². The zero-order valence-corrected chi connectivity index (χ0v) is 15.7. The largest absolute Gasteiger partial charge is 0.465 e. The summed E-state index contributed by atoms with van der Waals surface area (Å²) in [7, 11) is 0. The first-order valence-corrected chi connectivity index (χ1v) is 9.51. The van der Waals surface area contributed by atoms with Crippen LogP contribution in [-0.2, 0) is 0 Å². The molecule has 4 heteroatoms. The summed E-state index contributed by atoms with van der Waals surface area (Å²) < 4.78 is 18.4. The maximum atomic E-state index is 12.9. The second kappa shape index (κ2) is 11.3. The lowest BCUT2D eigenvalue weighted by atomic mass is 10.1. The van der Waals surface area contributed by atoms with Crippen LogP contribution in [0.25, 0.3) is 6.08 Å². The van der Waals surface area contributed by atoms with Gasteiger partial charge in [0.25, 0.3) is 0 Å². The highest BCUT2D eigenvalue weighted by molar-refractivity contribution is 6.06. The molecule has 0 aliphatic heterocycles. The fourth-order valence-electron chi connectivity index (χ4n) is 2.68. The maximum Gasteiger partial charge on any atom is 0.197 e. The van der Waals surface area contributed by atoms with E-state index in [1.54, 1.807) is 42.5 Å². The van der Waals surface area contributed by atoms with Crippen LogP contribution in [0.4, 0.5) is 4.39 Å². The third-order valence-corrected chi connectivity index (χ3v) is 4.26. The van der Waals surface area contributed by atoms with Crippen LogP contribution in [-0.4, -0.2) is 17.2 Å². The van der Waals surface area contributed by atoms with Crippen LogP contribution in [0.15, 0.2) is 54.6 Å². The van der Waals surface area contributed by atoms with E-state index in [0.717, 1.165) is 18.4 Å². The van der Waals surface area contributed by atoms with Gasteiger partial charge in [-0.2, -0.15) is 0 Å². The number of ketones is 1. The third kappa shape index (κ3) is 7.75. The lowest BCUT2D eigenvalue weighted by Gasteiger charge is -2.13. The summed E-state index contributed by atoms with van der Waals surface area (Å²) in [6.45, 7) is 2.17. The number of aliphatic hydroxyl groups excluding tert-OH is 1. The summed E-state index contributed by atoms with van der Waals surface area (Å²) in [5.41, 5.74) is 1.28. The molecule has 0 spiro atoms. The van der Waals surface area contributed by atoms with Gasteiger partial charge >= 0.3 is 0 Å². The molecule has 2 aromatic rings. The van der Waals surface area contributed by atoms with Crippen LogP contribution in [0.5, 0.6) is 5.75 Å². The first kappa shape index (κ1) is 20.8. The van der Waals surface area contributed by atoms with Gasteiger partial charge in [0.1, 0.15) is 11.6 Å². The molecular formula is C23H27FO3. The molecular weight excluding hydrogens is 343 g/mol. The molecule has 0 aromatic heterocycles. The van der Waals surface area contributed by atoms with Crippen LogP contribution in [0.1, 0.15) is 61.4 Å². The predicted molar refractivity (Wildman–Crippen MR) is 106 cm³/mol. The lowest BCUT2D eigenvalue weighted by Crippen LogP contribution is -2.15. The van der Waals surface area contributed by atoms with Gasteiger partial charge in [0.2, 0.25) is 0 Å². The maximum absolute atomic E-state index is 12.9. The van der Waals surface area contributed by atoms with Gasteiger partial charge < -0.3 is 9.84 Å². The van der Waals surface area contributed by atoms with E-state index in [2.05, 4.69) is 6.92 Å². The van der Waals surface area contributed by atoms with Gasteiger partial charge in [-0.1, -0.05) is 50.8 Å². The number of halogens is 1. The topological polar surface area (TPSA) is 46.5 Å². The molecule has 2 rings (SSSR count).